The average Bonchev–Trinajstić information content (AvgIpc) is 1.54. The molecule has 0 atom stereocenters. The van der Waals surface area contributed by atoms with Gasteiger partial charge in [0, 0.05) is 16.2 Å². The molecule has 518 valence electrons. The van der Waals surface area contributed by atoms with Crippen molar-refractivity contribution in [2.45, 2.75) is 154 Å². The van der Waals surface area contributed by atoms with Gasteiger partial charge in [-0.3, -0.25) is 19.2 Å². The first kappa shape index (κ1) is 70.0. The minimum Gasteiger partial charge on any atom is -0.504 e. The number of hydrogen-bond acceptors (Lipinski definition) is 14. The number of allylic oxidation sites excluding steroid dienone is 8. The van der Waals surface area contributed by atoms with E-state index in [9.17, 15) is 39.6 Å². The second-order valence-corrected chi connectivity index (χ2v) is 35.1. The summed E-state index contributed by atoms with van der Waals surface area (Å²) in [7, 11) is 0. The number of fused-ring (bicyclic) bond motifs is 16. The van der Waals surface area contributed by atoms with Crippen LogP contribution in [0.3, 0.4) is 0 Å². The van der Waals surface area contributed by atoms with Crippen LogP contribution in [0.2, 0.25) is 30.1 Å². The van der Waals surface area contributed by atoms with Crippen LogP contribution < -0.4 is 11.5 Å². The zero-order chi connectivity index (χ0) is 73.1. The normalized spacial score (nSPS) is 20.6. The number of nitrogens with two attached hydrogens (primary N) is 2. The maximum absolute atomic E-state index is 12.1. The smallest absolute Gasteiger partial charge is 0.226 e. The second-order valence-electron chi connectivity index (χ2n) is 32.7. The monoisotopic (exact) mass is 1470 g/mol. The molecule has 8 aliphatic carbocycles. The third-order valence-electron chi connectivity index (χ3n) is 22.7. The number of carbonyl (C=O) groups is 4. The SMILES string of the molecule is CC1(C)CC2(CC(C)(C)C3=CC(=O)C(=O)C=C32)C2=CC(=O)C(=O)C=C21.CC1(C)CC2(CC(C)(C)c3cc(O)c(O)cc32)c2cc(O)c(O)cc21.CC1(C)CC2(CC(C)(C)c3cc4nc5cc(Cl)c(Cl)cc5nc4cc32)c2cc3nc4cc(Cl)c(Cl)cc4nc3cc21.Nc1cc(Cl)c(Cl)cc1N. The molecule has 0 saturated heterocycles. The van der Waals surface area contributed by atoms with Crippen LogP contribution in [0, 0.1) is 16.2 Å². The fraction of sp³-hybridized carbons (Fsp3) is 0.333. The maximum atomic E-state index is 12.1. The number of carbonyl (C=O) groups excluding carboxylic acids is 4. The highest BCUT2D eigenvalue weighted by atomic mass is 35.5. The standard InChI is InChI=1S/C33H24Cl4N4.C21H24O4.C21H20O4.C6H6Cl2N2/c1-31(2)13-33(17-7-25-23(5-15(17)31)38-27-9-19(34)21(36)11-29(27)40-25)14-32(3,4)16-6-24-26(8-18(16)33)41-30-12-22(37)20(35)10-28(30)39-24;2*1-19(2)9-21(13-7-17(24)15(22)5-11(13)19)10-20(3,4)12-6-16(23)18(25)8-14(12)21;7-3-1-5(9)6(10)2-4(3)8/h5-12H,13-14H2,1-4H3;5-8,22-25H,9-10H2,1-4H3;5-8H,9-10H2,1-4H3;1-2H,9-10H2. The van der Waals surface area contributed by atoms with Crippen molar-refractivity contribution in [3.63, 3.8) is 0 Å². The van der Waals surface area contributed by atoms with Gasteiger partial charge in [-0.1, -0.05) is 153 Å². The molecule has 3 spiro atoms. The maximum Gasteiger partial charge on any atom is 0.226 e. The van der Waals surface area contributed by atoms with Gasteiger partial charge in [-0.15, -0.1) is 0 Å². The Morgan fingerprint density at radius 3 is 0.752 bits per heavy atom. The molecular formula is C81H74Cl6N6O8. The Labute approximate surface area is 614 Å². The number of nitrogens with zero attached hydrogens (tertiary/aromatic N) is 4. The van der Waals surface area contributed by atoms with E-state index in [4.69, 9.17) is 101 Å². The van der Waals surface area contributed by atoms with Crippen molar-refractivity contribution in [3.8, 4) is 23.0 Å². The largest absolute Gasteiger partial charge is 0.504 e. The van der Waals surface area contributed by atoms with Crippen LogP contribution in [0.5, 0.6) is 23.0 Å². The Kier molecular flexibility index (Phi) is 15.9. The molecule has 17 rings (SSSR count). The second kappa shape index (κ2) is 23.0. The molecule has 0 radical (unpaired) electrons. The Hall–Kier alpha value is -8.08. The molecule has 0 amide bonds. The van der Waals surface area contributed by atoms with E-state index >= 15 is 0 Å². The van der Waals surface area contributed by atoms with Gasteiger partial charge in [0.2, 0.25) is 23.1 Å². The number of halogens is 6. The predicted molar refractivity (Wildman–Crippen MR) is 403 cm³/mol. The first-order valence-electron chi connectivity index (χ1n) is 33.3. The fourth-order valence-corrected chi connectivity index (χ4v) is 19.9. The predicted octanol–water partition coefficient (Wildman–Crippen LogP) is 19.3. The minimum absolute atomic E-state index is 0.0657. The highest BCUT2D eigenvalue weighted by Gasteiger charge is 2.62. The van der Waals surface area contributed by atoms with E-state index in [1.54, 1.807) is 48.5 Å². The van der Waals surface area contributed by atoms with E-state index in [2.05, 4.69) is 107 Å². The molecule has 2 saturated carbocycles. The molecule has 8 N–H and O–H groups in total. The van der Waals surface area contributed by atoms with Crippen molar-refractivity contribution in [2.75, 3.05) is 11.5 Å². The summed E-state index contributed by atoms with van der Waals surface area (Å²) in [6, 6.07) is 25.9. The quantitative estimate of drug-likeness (QED) is 0.0272. The van der Waals surface area contributed by atoms with Crippen molar-refractivity contribution < 1.29 is 39.6 Å². The first-order valence-corrected chi connectivity index (χ1v) is 35.6. The molecular weight excluding hydrogens is 1400 g/mol. The summed E-state index contributed by atoms with van der Waals surface area (Å²) in [6.45, 7) is 26.2. The van der Waals surface area contributed by atoms with E-state index < -0.39 is 28.5 Å². The van der Waals surface area contributed by atoms with Crippen molar-refractivity contribution in [1.29, 1.82) is 0 Å². The minimum atomic E-state index is -0.509. The van der Waals surface area contributed by atoms with Gasteiger partial charge in [0.1, 0.15) is 0 Å². The van der Waals surface area contributed by atoms with Crippen molar-refractivity contribution in [1.82, 2.24) is 19.9 Å². The molecule has 0 bridgehead atoms. The molecule has 101 heavy (non-hydrogen) atoms. The van der Waals surface area contributed by atoms with E-state index in [0.29, 0.717) is 54.4 Å². The summed E-state index contributed by atoms with van der Waals surface area (Å²) in [5, 5.41) is 43.0. The number of nitrogen functional groups attached to an aromatic ring is 2. The fourth-order valence-electron chi connectivity index (χ4n) is 18.9. The number of rotatable bonds is 0. The summed E-state index contributed by atoms with van der Waals surface area (Å²) in [4.78, 5) is 68.0. The zero-order valence-corrected chi connectivity index (χ0v) is 62.3. The summed E-state index contributed by atoms with van der Waals surface area (Å²) >= 11 is 36.5. The Bertz CT molecular complexity index is 5110. The van der Waals surface area contributed by atoms with Crippen molar-refractivity contribution in [2.24, 2.45) is 16.2 Å². The number of phenolic OH excluding ortho intramolecular Hbond substituents is 4. The van der Waals surface area contributed by atoms with E-state index in [-0.39, 0.29) is 66.3 Å². The van der Waals surface area contributed by atoms with Gasteiger partial charge < -0.3 is 31.9 Å². The third-order valence-corrected chi connectivity index (χ3v) is 24.8. The van der Waals surface area contributed by atoms with Crippen LogP contribution in [0.1, 0.15) is 166 Å². The lowest BCUT2D eigenvalue weighted by Crippen LogP contribution is -2.27. The number of aromatic nitrogens is 4. The van der Waals surface area contributed by atoms with Gasteiger partial charge in [0.15, 0.2) is 23.0 Å². The molecule has 2 fully saturated rings. The van der Waals surface area contributed by atoms with Crippen LogP contribution in [-0.2, 0) is 51.7 Å². The third kappa shape index (κ3) is 11.0. The van der Waals surface area contributed by atoms with Gasteiger partial charge >= 0.3 is 0 Å². The number of benzene rings is 7. The summed E-state index contributed by atoms with van der Waals surface area (Å²) in [5.41, 5.74) is 28.9. The molecule has 2 heterocycles. The molecule has 14 nitrogen and oxygen atoms in total. The van der Waals surface area contributed by atoms with Gasteiger partial charge in [-0.25, -0.2) is 19.9 Å². The average molecular weight is 1470 g/mol. The highest BCUT2D eigenvalue weighted by molar-refractivity contribution is 6.48. The first-order chi connectivity index (χ1) is 46.9. The molecule has 20 heteroatoms. The number of aromatic hydroxyl groups is 4. The Morgan fingerprint density at radius 1 is 0.277 bits per heavy atom. The van der Waals surface area contributed by atoms with Crippen LogP contribution in [0.25, 0.3) is 44.1 Å². The molecule has 2 aromatic heterocycles. The molecule has 7 aromatic carbocycles. The van der Waals surface area contributed by atoms with Gasteiger partial charge in [0.25, 0.3) is 0 Å². The van der Waals surface area contributed by atoms with Crippen LogP contribution in [0.4, 0.5) is 11.4 Å². The topological polar surface area (TPSA) is 253 Å². The van der Waals surface area contributed by atoms with Crippen LogP contribution >= 0.6 is 69.6 Å². The Morgan fingerprint density at radius 2 is 0.475 bits per heavy atom. The summed E-state index contributed by atoms with van der Waals surface area (Å²) < 4.78 is 0. The lowest BCUT2D eigenvalue weighted by molar-refractivity contribution is -0.131. The molecule has 8 aliphatic rings. The number of anilines is 2. The van der Waals surface area contributed by atoms with E-state index in [1.165, 1.54) is 58.7 Å². The number of phenols is 4. The van der Waals surface area contributed by atoms with Crippen molar-refractivity contribution in [3.05, 3.63) is 206 Å². The molecule has 0 aliphatic heterocycles. The summed E-state index contributed by atoms with van der Waals surface area (Å²) in [6.07, 6.45) is 10.9. The lowest BCUT2D eigenvalue weighted by Gasteiger charge is -2.30. The zero-order valence-electron chi connectivity index (χ0n) is 57.8. The van der Waals surface area contributed by atoms with Gasteiger partial charge in [0.05, 0.1) is 85.6 Å². The Balaban J connectivity index is 0.000000125. The molecule has 0 unspecified atom stereocenters. The number of ketones is 4. The summed E-state index contributed by atoms with van der Waals surface area (Å²) in [5.74, 6) is -2.43. The van der Waals surface area contributed by atoms with E-state index in [0.717, 1.165) is 114 Å². The van der Waals surface area contributed by atoms with Gasteiger partial charge in [-0.05, 0) is 247 Å². The van der Waals surface area contributed by atoms with E-state index in [1.807, 2.05) is 0 Å². The molecule has 9 aromatic rings. The highest BCUT2D eigenvalue weighted by Crippen LogP contribution is 2.71. The van der Waals surface area contributed by atoms with Gasteiger partial charge in [-0.2, -0.15) is 0 Å². The van der Waals surface area contributed by atoms with Crippen LogP contribution in [0.15, 0.2) is 132 Å². The lowest BCUT2D eigenvalue weighted by atomic mass is 9.72. The number of hydrogen-bond donors (Lipinski definition) is 6. The van der Waals surface area contributed by atoms with Crippen molar-refractivity contribution >= 4 is 148 Å². The van der Waals surface area contributed by atoms with Crippen LogP contribution in [-0.4, -0.2) is 63.5 Å².